The Labute approximate surface area is 325 Å². The van der Waals surface area contributed by atoms with Crippen molar-refractivity contribution in [1.29, 1.82) is 0 Å². The van der Waals surface area contributed by atoms with Crippen LogP contribution in [-0.4, -0.2) is 18.8 Å². The maximum absolute atomic E-state index is 5.34. The average molecular weight is 747 g/mol. The van der Waals surface area contributed by atoms with E-state index in [4.69, 9.17) is 9.97 Å². The van der Waals surface area contributed by atoms with E-state index in [9.17, 15) is 0 Å². The highest BCUT2D eigenvalue weighted by Crippen LogP contribution is 2.45. The number of fused-ring (bicyclic) bond motifs is 24. The molecule has 0 bridgehead atoms. The smallest absolute Gasteiger partial charge is 0.146 e. The second-order valence-corrected chi connectivity index (χ2v) is 17.0. The Hall–Kier alpha value is -6.86. The SMILES string of the molecule is c1ccc2c(c1)nc1c3ccc(-c4ccc5nc6c7ccccc7c7ccc8c9ccccc9sc8c7n6c5c4)cc3c3ccc4sc5ccccc5c4c3n21. The molecule has 0 amide bonds. The lowest BCUT2D eigenvalue weighted by molar-refractivity contribution is 1.32. The third kappa shape index (κ3) is 3.68. The van der Waals surface area contributed by atoms with Crippen molar-refractivity contribution < 1.29 is 0 Å². The van der Waals surface area contributed by atoms with E-state index in [1.165, 1.54) is 83.9 Å². The number of nitrogens with zero attached hydrogens (tertiary/aromatic N) is 4. The fraction of sp³-hybridized carbons (Fsp3) is 0. The molecule has 0 aliphatic carbocycles. The van der Waals surface area contributed by atoms with E-state index in [0.29, 0.717) is 0 Å². The molecular weight excluding hydrogens is 721 g/mol. The van der Waals surface area contributed by atoms with Crippen molar-refractivity contribution in [3.63, 3.8) is 0 Å². The van der Waals surface area contributed by atoms with Gasteiger partial charge in [-0.2, -0.15) is 0 Å². The normalized spacial score (nSPS) is 12.6. The molecule has 0 spiro atoms. The predicted molar refractivity (Wildman–Crippen MR) is 240 cm³/mol. The lowest BCUT2D eigenvalue weighted by Crippen LogP contribution is -1.93. The molecule has 0 saturated heterocycles. The van der Waals surface area contributed by atoms with Gasteiger partial charge in [-0.25, -0.2) is 9.97 Å². The topological polar surface area (TPSA) is 34.6 Å². The second-order valence-electron chi connectivity index (χ2n) is 14.9. The standard InChI is InChI=1S/C50H26N4S2/c1-2-11-34-29(9-1)31-20-21-33-30-10-3-7-15-42(30)56-48(33)47(31)54-41-26-28(18-23-39(41)52-49(34)54)27-17-19-35-37(25-27)32-22-24-44-45(36-12-4-8-16-43(36)55-44)46(32)53-40-14-6-5-13-38(40)51-50(35)53/h1-26H. The summed E-state index contributed by atoms with van der Waals surface area (Å²) in [5, 5.41) is 12.4. The van der Waals surface area contributed by atoms with Crippen LogP contribution >= 0.6 is 22.7 Å². The molecule has 6 aromatic heterocycles. The van der Waals surface area contributed by atoms with Crippen molar-refractivity contribution in [2.45, 2.75) is 0 Å². The monoisotopic (exact) mass is 746 g/mol. The van der Waals surface area contributed by atoms with Crippen molar-refractivity contribution in [1.82, 2.24) is 18.8 Å². The molecule has 0 unspecified atom stereocenters. The second kappa shape index (κ2) is 10.5. The highest BCUT2D eigenvalue weighted by molar-refractivity contribution is 7.26. The van der Waals surface area contributed by atoms with Gasteiger partial charge in [0.15, 0.2) is 0 Å². The quantitative estimate of drug-likeness (QED) is 0.157. The zero-order valence-electron chi connectivity index (χ0n) is 29.6. The van der Waals surface area contributed by atoms with Crippen molar-refractivity contribution >= 4 is 140 Å². The highest BCUT2D eigenvalue weighted by Gasteiger charge is 2.21. The Morgan fingerprint density at radius 2 is 0.946 bits per heavy atom. The molecule has 0 saturated carbocycles. The molecule has 4 nitrogen and oxygen atoms in total. The molecule has 0 aliphatic heterocycles. The molecule has 0 atom stereocenters. The number of imidazole rings is 2. The number of para-hydroxylation sites is 2. The summed E-state index contributed by atoms with van der Waals surface area (Å²) in [6.45, 7) is 0. The molecule has 8 aromatic carbocycles. The lowest BCUT2D eigenvalue weighted by Gasteiger charge is -2.13. The van der Waals surface area contributed by atoms with Crippen LogP contribution in [0.15, 0.2) is 158 Å². The Morgan fingerprint density at radius 3 is 1.82 bits per heavy atom. The number of hydrogen-bond acceptors (Lipinski definition) is 4. The van der Waals surface area contributed by atoms with Crippen LogP contribution < -0.4 is 0 Å². The van der Waals surface area contributed by atoms with Gasteiger partial charge in [0.05, 0.1) is 37.8 Å². The van der Waals surface area contributed by atoms with Gasteiger partial charge in [0.25, 0.3) is 0 Å². The van der Waals surface area contributed by atoms with E-state index in [1.54, 1.807) is 0 Å². The van der Waals surface area contributed by atoms with Crippen LogP contribution in [0.2, 0.25) is 0 Å². The molecule has 258 valence electrons. The minimum absolute atomic E-state index is 0.992. The van der Waals surface area contributed by atoms with Crippen LogP contribution in [0.1, 0.15) is 0 Å². The minimum atomic E-state index is 0.992. The van der Waals surface area contributed by atoms with E-state index in [-0.39, 0.29) is 0 Å². The van der Waals surface area contributed by atoms with Crippen LogP contribution in [0, 0.1) is 0 Å². The summed E-state index contributed by atoms with van der Waals surface area (Å²) >= 11 is 3.74. The predicted octanol–water partition coefficient (Wildman–Crippen LogP) is 14.3. The third-order valence-electron chi connectivity index (χ3n) is 12.0. The molecule has 6 heterocycles. The first kappa shape index (κ1) is 29.5. The summed E-state index contributed by atoms with van der Waals surface area (Å²) in [6.07, 6.45) is 0. The third-order valence-corrected chi connectivity index (χ3v) is 14.4. The summed E-state index contributed by atoms with van der Waals surface area (Å²) in [4.78, 5) is 10.6. The zero-order chi connectivity index (χ0) is 36.2. The minimum Gasteiger partial charge on any atom is -0.291 e. The first-order valence-corrected chi connectivity index (χ1v) is 20.5. The van der Waals surface area contributed by atoms with Gasteiger partial charge in [0, 0.05) is 57.2 Å². The summed E-state index contributed by atoms with van der Waals surface area (Å²) < 4.78 is 10.0. The van der Waals surface area contributed by atoms with Gasteiger partial charge >= 0.3 is 0 Å². The van der Waals surface area contributed by atoms with Crippen LogP contribution in [0.25, 0.3) is 128 Å². The largest absolute Gasteiger partial charge is 0.291 e. The van der Waals surface area contributed by atoms with Crippen molar-refractivity contribution in [2.75, 3.05) is 0 Å². The van der Waals surface area contributed by atoms with E-state index in [2.05, 4.69) is 167 Å². The number of aromatic nitrogens is 4. The summed E-state index contributed by atoms with van der Waals surface area (Å²) in [5.41, 5.74) is 11.0. The lowest BCUT2D eigenvalue weighted by atomic mass is 9.97. The van der Waals surface area contributed by atoms with Crippen LogP contribution in [0.4, 0.5) is 0 Å². The molecule has 14 aromatic rings. The molecular formula is C50H26N4S2. The fourth-order valence-electron chi connectivity index (χ4n) is 9.61. The fourth-order valence-corrected chi connectivity index (χ4v) is 12.0. The Kier molecular flexibility index (Phi) is 5.51. The van der Waals surface area contributed by atoms with Crippen LogP contribution in [-0.2, 0) is 0 Å². The Balaban J connectivity index is 1.10. The maximum atomic E-state index is 5.34. The van der Waals surface area contributed by atoms with Gasteiger partial charge in [-0.1, -0.05) is 103 Å². The Bertz CT molecular complexity index is 4070. The van der Waals surface area contributed by atoms with E-state index < -0.39 is 0 Å². The Morgan fingerprint density at radius 1 is 0.357 bits per heavy atom. The van der Waals surface area contributed by atoms with Crippen molar-refractivity contribution in [2.24, 2.45) is 0 Å². The summed E-state index contributed by atoms with van der Waals surface area (Å²) in [5.74, 6) is 0. The molecule has 0 aliphatic rings. The van der Waals surface area contributed by atoms with Crippen molar-refractivity contribution in [3.8, 4) is 11.1 Å². The summed E-state index contributed by atoms with van der Waals surface area (Å²) in [6, 6.07) is 57.8. The molecule has 0 radical (unpaired) electrons. The van der Waals surface area contributed by atoms with Gasteiger partial charge < -0.3 is 0 Å². The van der Waals surface area contributed by atoms with E-state index >= 15 is 0 Å². The number of thiophene rings is 2. The average Bonchev–Trinajstić information content (AvgIpc) is 4.03. The number of rotatable bonds is 1. The van der Waals surface area contributed by atoms with E-state index in [0.717, 1.165) is 44.3 Å². The maximum Gasteiger partial charge on any atom is 0.146 e. The first-order chi connectivity index (χ1) is 27.8. The molecule has 14 rings (SSSR count). The zero-order valence-corrected chi connectivity index (χ0v) is 31.2. The number of hydrogen-bond donors (Lipinski definition) is 0. The van der Waals surface area contributed by atoms with Gasteiger partial charge in [0.1, 0.15) is 11.3 Å². The summed E-state index contributed by atoms with van der Waals surface area (Å²) in [7, 11) is 0. The number of benzene rings is 8. The van der Waals surface area contributed by atoms with Gasteiger partial charge in [-0.3, -0.25) is 8.80 Å². The van der Waals surface area contributed by atoms with Gasteiger partial charge in [0.2, 0.25) is 0 Å². The highest BCUT2D eigenvalue weighted by atomic mass is 32.1. The molecule has 0 fully saturated rings. The van der Waals surface area contributed by atoms with Gasteiger partial charge in [-0.15, -0.1) is 22.7 Å². The van der Waals surface area contributed by atoms with Crippen molar-refractivity contribution in [3.05, 3.63) is 158 Å². The van der Waals surface area contributed by atoms with E-state index in [1.807, 2.05) is 22.7 Å². The van der Waals surface area contributed by atoms with Crippen LogP contribution in [0.5, 0.6) is 0 Å². The molecule has 56 heavy (non-hydrogen) atoms. The van der Waals surface area contributed by atoms with Crippen LogP contribution in [0.3, 0.4) is 0 Å². The molecule has 0 N–H and O–H groups in total. The first-order valence-electron chi connectivity index (χ1n) is 18.9. The molecule has 6 heteroatoms. The number of pyridine rings is 2. The van der Waals surface area contributed by atoms with Gasteiger partial charge in [-0.05, 0) is 76.5 Å².